The Bertz CT molecular complexity index is 2270. The van der Waals surface area contributed by atoms with E-state index in [4.69, 9.17) is 9.97 Å². The summed E-state index contributed by atoms with van der Waals surface area (Å²) >= 11 is 5.54. The average Bonchev–Trinajstić information content (AvgIpc) is 4.05. The molecule has 0 saturated heterocycles. The van der Waals surface area contributed by atoms with Gasteiger partial charge in [0.25, 0.3) is 11.8 Å². The number of hydrogen-bond acceptors (Lipinski definition) is 7. The van der Waals surface area contributed by atoms with Gasteiger partial charge in [-0.3, -0.25) is 14.5 Å². The first kappa shape index (κ1) is 41.0. The number of carbonyl (C=O) groups is 2. The number of unbranched alkanes of at least 4 members (excludes halogenated alkanes) is 11. The summed E-state index contributed by atoms with van der Waals surface area (Å²) in [6, 6.07) is 12.7. The molecule has 0 N–H and O–H groups in total. The summed E-state index contributed by atoms with van der Waals surface area (Å²) in [5.41, 5.74) is 9.67. The van der Waals surface area contributed by atoms with Crippen LogP contribution in [-0.4, -0.2) is 33.2 Å². The smallest absolute Gasteiger partial charge is 0.261 e. The summed E-state index contributed by atoms with van der Waals surface area (Å²) in [6.45, 7) is 9.38. The van der Waals surface area contributed by atoms with E-state index in [1.165, 1.54) is 113 Å². The van der Waals surface area contributed by atoms with Crippen LogP contribution in [0.2, 0.25) is 0 Å². The van der Waals surface area contributed by atoms with Crippen LogP contribution >= 0.6 is 34.0 Å². The molecule has 58 heavy (non-hydrogen) atoms. The normalized spacial score (nSPS) is 13.8. The molecule has 0 bridgehead atoms. The molecule has 5 heterocycles. The van der Waals surface area contributed by atoms with E-state index in [2.05, 4.69) is 62.7 Å². The van der Waals surface area contributed by atoms with Gasteiger partial charge in [-0.25, -0.2) is 9.97 Å². The lowest BCUT2D eigenvalue weighted by Gasteiger charge is -2.30. The molecule has 2 aromatic carbocycles. The fourth-order valence-electron chi connectivity index (χ4n) is 9.26. The molecule has 0 fully saturated rings. The van der Waals surface area contributed by atoms with Crippen molar-refractivity contribution >= 4 is 67.6 Å². The summed E-state index contributed by atoms with van der Waals surface area (Å²) in [4.78, 5) is 46.2. The maximum Gasteiger partial charge on any atom is 0.261 e. The SMILES string of the molecule is CCCCCCCCc1ccsc1-c1sc(-c2sccc2CCCCCCCC)c2nc3c(nc12)-c1ccc2c4c(ccc-3c14)C(=O)N(CC(CC)CCCC)C2=O. The predicted octanol–water partition coefficient (Wildman–Crippen LogP) is 15.6. The second-order valence-corrected chi connectivity index (χ2v) is 19.5. The van der Waals surface area contributed by atoms with Gasteiger partial charge in [0.05, 0.1) is 21.1 Å². The third-order valence-corrected chi connectivity index (χ3v) is 16.1. The first-order valence-electron chi connectivity index (χ1n) is 22.4. The van der Waals surface area contributed by atoms with E-state index in [0.717, 1.165) is 82.8 Å². The summed E-state index contributed by atoms with van der Waals surface area (Å²) in [7, 11) is 0. The minimum absolute atomic E-state index is 0.177. The van der Waals surface area contributed by atoms with E-state index < -0.39 is 0 Å². The van der Waals surface area contributed by atoms with Gasteiger partial charge in [0.2, 0.25) is 0 Å². The highest BCUT2D eigenvalue weighted by molar-refractivity contribution is 7.27. The Morgan fingerprint density at radius 2 is 0.983 bits per heavy atom. The molecular weight excluding hydrogens is 771 g/mol. The Labute approximate surface area is 357 Å². The van der Waals surface area contributed by atoms with Crippen molar-refractivity contribution in [2.45, 2.75) is 143 Å². The van der Waals surface area contributed by atoms with Crippen LogP contribution in [0.15, 0.2) is 47.2 Å². The Morgan fingerprint density at radius 3 is 1.47 bits per heavy atom. The molecule has 1 aliphatic heterocycles. The van der Waals surface area contributed by atoms with Crippen molar-refractivity contribution in [3.63, 3.8) is 0 Å². The van der Waals surface area contributed by atoms with E-state index in [-0.39, 0.29) is 11.8 Å². The zero-order valence-electron chi connectivity index (χ0n) is 35.0. The maximum atomic E-state index is 14.2. The van der Waals surface area contributed by atoms with Gasteiger partial charge in [0, 0.05) is 49.3 Å². The third kappa shape index (κ3) is 7.86. The zero-order chi connectivity index (χ0) is 40.2. The molecule has 1 unspecified atom stereocenters. The molecular formula is C50H59N3O2S3. The molecule has 2 aliphatic rings. The van der Waals surface area contributed by atoms with Crippen LogP contribution in [0.3, 0.4) is 0 Å². The number of imide groups is 1. The van der Waals surface area contributed by atoms with Crippen LogP contribution in [0.1, 0.15) is 162 Å². The van der Waals surface area contributed by atoms with Gasteiger partial charge in [-0.1, -0.05) is 123 Å². The lowest BCUT2D eigenvalue weighted by atomic mass is 9.89. The Hall–Kier alpha value is -3.72. The molecule has 0 radical (unpaired) electrons. The minimum atomic E-state index is -0.177. The molecule has 0 spiro atoms. The average molecular weight is 830 g/mol. The molecule has 8 heteroatoms. The van der Waals surface area contributed by atoms with E-state index in [1.54, 1.807) is 0 Å². The number of aryl methyl sites for hydroxylation is 2. The lowest BCUT2D eigenvalue weighted by molar-refractivity contribution is 0.0580. The Morgan fingerprint density at radius 1 is 0.534 bits per heavy atom. The highest BCUT2D eigenvalue weighted by Gasteiger charge is 2.38. The summed E-state index contributed by atoms with van der Waals surface area (Å²) < 4.78 is 0. The van der Waals surface area contributed by atoms with Gasteiger partial charge >= 0.3 is 0 Å². The molecule has 0 saturated carbocycles. The number of aromatic nitrogens is 2. The maximum absolute atomic E-state index is 14.2. The molecule has 6 aromatic rings. The van der Waals surface area contributed by atoms with Gasteiger partial charge in [-0.05, 0) is 84.2 Å². The van der Waals surface area contributed by atoms with Crippen molar-refractivity contribution in [1.29, 1.82) is 0 Å². The first-order chi connectivity index (χ1) is 28.5. The van der Waals surface area contributed by atoms with Crippen molar-refractivity contribution in [2.24, 2.45) is 5.92 Å². The molecule has 8 rings (SSSR count). The van der Waals surface area contributed by atoms with Crippen LogP contribution in [0.5, 0.6) is 0 Å². The fourth-order valence-corrected chi connectivity index (χ4v) is 12.7. The standard InChI is InChI=1S/C50H59N3O2S3/c1-5-9-12-14-16-18-21-33-27-29-56-45(33)47-43-44(48(58-47)46-34(28-30-57-46)22-19-17-15-13-10-6-2)52-42-36-24-26-38-40-37(25-23-35(39(36)40)41(42)51-43)49(54)53(50(38)55)31-32(8-4)20-11-7-3/h23-30,32H,5-22,31H2,1-4H3. The molecule has 1 aliphatic carbocycles. The predicted molar refractivity (Wildman–Crippen MR) is 249 cm³/mol. The van der Waals surface area contributed by atoms with Crippen molar-refractivity contribution in [2.75, 3.05) is 6.54 Å². The van der Waals surface area contributed by atoms with Gasteiger partial charge in [0.15, 0.2) is 0 Å². The Kier molecular flexibility index (Phi) is 13.2. The summed E-state index contributed by atoms with van der Waals surface area (Å²) in [5.74, 6) is -0.0501. The summed E-state index contributed by atoms with van der Waals surface area (Å²) in [6.07, 6.45) is 21.7. The quantitative estimate of drug-likeness (QED) is 0.0504. The number of fused-ring (bicyclic) bond motifs is 4. The summed E-state index contributed by atoms with van der Waals surface area (Å²) in [5, 5.41) is 6.23. The second-order valence-electron chi connectivity index (χ2n) is 16.7. The van der Waals surface area contributed by atoms with E-state index in [0.29, 0.717) is 23.6 Å². The van der Waals surface area contributed by atoms with E-state index >= 15 is 0 Å². The van der Waals surface area contributed by atoms with Crippen molar-refractivity contribution in [3.05, 3.63) is 69.4 Å². The largest absolute Gasteiger partial charge is 0.274 e. The van der Waals surface area contributed by atoms with Crippen LogP contribution in [0.25, 0.3) is 63.8 Å². The zero-order valence-corrected chi connectivity index (χ0v) is 37.5. The third-order valence-electron chi connectivity index (χ3n) is 12.6. The highest BCUT2D eigenvalue weighted by atomic mass is 32.1. The van der Waals surface area contributed by atoms with E-state index in [9.17, 15) is 9.59 Å². The van der Waals surface area contributed by atoms with Gasteiger partial charge in [-0.15, -0.1) is 34.0 Å². The van der Waals surface area contributed by atoms with Crippen molar-refractivity contribution in [3.8, 4) is 42.0 Å². The highest BCUT2D eigenvalue weighted by Crippen LogP contribution is 2.53. The number of nitrogens with zero attached hydrogens (tertiary/aromatic N) is 3. The van der Waals surface area contributed by atoms with Gasteiger partial charge in [-0.2, -0.15) is 0 Å². The molecule has 304 valence electrons. The molecule has 1 atom stereocenters. The topological polar surface area (TPSA) is 63.2 Å². The van der Waals surface area contributed by atoms with Crippen molar-refractivity contribution < 1.29 is 9.59 Å². The van der Waals surface area contributed by atoms with Gasteiger partial charge < -0.3 is 0 Å². The molecule has 4 aromatic heterocycles. The fraction of sp³-hybridized carbons (Fsp3) is 0.480. The second kappa shape index (κ2) is 18.7. The number of thiophene rings is 3. The number of carbonyl (C=O) groups excluding carboxylic acids is 2. The van der Waals surface area contributed by atoms with Crippen LogP contribution in [0, 0.1) is 5.92 Å². The molecule has 2 amide bonds. The number of rotatable bonds is 22. The van der Waals surface area contributed by atoms with E-state index in [1.807, 2.05) is 46.1 Å². The molecule has 5 nitrogen and oxygen atoms in total. The van der Waals surface area contributed by atoms with Crippen molar-refractivity contribution in [1.82, 2.24) is 14.9 Å². The first-order valence-corrected chi connectivity index (χ1v) is 25.0. The minimum Gasteiger partial charge on any atom is -0.274 e. The number of benzene rings is 2. The number of amides is 2. The number of hydrogen-bond donors (Lipinski definition) is 0. The lowest BCUT2D eigenvalue weighted by Crippen LogP contribution is -2.43. The monoisotopic (exact) mass is 829 g/mol. The van der Waals surface area contributed by atoms with Crippen LogP contribution < -0.4 is 0 Å². The van der Waals surface area contributed by atoms with Crippen LogP contribution in [-0.2, 0) is 12.8 Å². The van der Waals surface area contributed by atoms with Crippen LogP contribution in [0.4, 0.5) is 0 Å². The van der Waals surface area contributed by atoms with Gasteiger partial charge in [0.1, 0.15) is 11.0 Å². The Balaban J connectivity index is 1.20.